The number of benzene rings is 1. The Morgan fingerprint density at radius 1 is 1.29 bits per heavy atom. The summed E-state index contributed by atoms with van der Waals surface area (Å²) in [7, 11) is 0. The first-order valence-electron chi connectivity index (χ1n) is 5.07. The molecule has 0 spiro atoms. The van der Waals surface area contributed by atoms with Crippen molar-refractivity contribution >= 4 is 6.29 Å². The third kappa shape index (κ3) is 4.09. The molecule has 0 unspecified atom stereocenters. The molecule has 0 bridgehead atoms. The summed E-state index contributed by atoms with van der Waals surface area (Å²) in [4.78, 5) is 10.5. The van der Waals surface area contributed by atoms with Gasteiger partial charge in [-0.2, -0.15) is 13.2 Å². The van der Waals surface area contributed by atoms with Crippen LogP contribution in [0.3, 0.4) is 0 Å². The van der Waals surface area contributed by atoms with Gasteiger partial charge in [-0.1, -0.05) is 6.07 Å². The molecule has 1 aromatic carbocycles. The highest BCUT2D eigenvalue weighted by Gasteiger charge is 2.29. The first kappa shape index (κ1) is 13.5. The fraction of sp³-hybridized carbons (Fsp3) is 0.417. The van der Waals surface area contributed by atoms with E-state index in [4.69, 9.17) is 4.74 Å². The van der Waals surface area contributed by atoms with E-state index in [1.807, 2.05) is 0 Å². The van der Waals surface area contributed by atoms with E-state index >= 15 is 0 Å². The number of halogens is 3. The molecule has 0 aromatic heterocycles. The molecule has 0 saturated carbocycles. The molecular formula is C12H13F3O2. The Kier molecular flexibility index (Phi) is 4.15. The maximum atomic E-state index is 12.1. The fourth-order valence-corrected chi connectivity index (χ4v) is 1.59. The topological polar surface area (TPSA) is 26.3 Å². The van der Waals surface area contributed by atoms with Crippen LogP contribution in [0.1, 0.15) is 16.7 Å². The minimum absolute atomic E-state index is 0.0549. The molecule has 0 amide bonds. The van der Waals surface area contributed by atoms with Gasteiger partial charge in [0.05, 0.1) is 0 Å². The van der Waals surface area contributed by atoms with Crippen LogP contribution in [0.5, 0.6) is 5.75 Å². The van der Waals surface area contributed by atoms with Crippen LogP contribution in [0, 0.1) is 13.8 Å². The van der Waals surface area contributed by atoms with Gasteiger partial charge >= 0.3 is 6.18 Å². The third-order valence-electron chi connectivity index (χ3n) is 2.26. The van der Waals surface area contributed by atoms with E-state index in [1.165, 1.54) is 6.07 Å². The van der Waals surface area contributed by atoms with Gasteiger partial charge in [0, 0.05) is 12.0 Å². The summed E-state index contributed by atoms with van der Waals surface area (Å²) in [6.45, 7) is 2.16. The van der Waals surface area contributed by atoms with Gasteiger partial charge in [-0.15, -0.1) is 0 Å². The van der Waals surface area contributed by atoms with Crippen molar-refractivity contribution < 1.29 is 22.7 Å². The van der Waals surface area contributed by atoms with Crippen molar-refractivity contribution in [3.05, 3.63) is 28.8 Å². The zero-order valence-electron chi connectivity index (χ0n) is 9.60. The molecule has 0 fully saturated rings. The highest BCUT2D eigenvalue weighted by Crippen LogP contribution is 2.26. The van der Waals surface area contributed by atoms with Gasteiger partial charge in [-0.25, -0.2) is 0 Å². The fourth-order valence-electron chi connectivity index (χ4n) is 1.59. The highest BCUT2D eigenvalue weighted by atomic mass is 19.4. The van der Waals surface area contributed by atoms with Crippen molar-refractivity contribution in [2.45, 2.75) is 26.4 Å². The van der Waals surface area contributed by atoms with Crippen LogP contribution in [0.15, 0.2) is 12.1 Å². The standard InChI is InChI=1S/C12H13F3O2/c1-8-5-9(2)10(3-4-16)11(6-8)17-7-12(13,14)15/h4-6H,3,7H2,1-2H3. The molecule has 0 heterocycles. The van der Waals surface area contributed by atoms with Crippen LogP contribution < -0.4 is 4.74 Å². The molecular weight excluding hydrogens is 233 g/mol. The Morgan fingerprint density at radius 2 is 1.94 bits per heavy atom. The van der Waals surface area contributed by atoms with E-state index in [-0.39, 0.29) is 12.2 Å². The quantitative estimate of drug-likeness (QED) is 0.763. The Hall–Kier alpha value is -1.52. The second kappa shape index (κ2) is 5.21. The molecule has 1 aromatic rings. The molecule has 2 nitrogen and oxygen atoms in total. The minimum Gasteiger partial charge on any atom is -0.484 e. The third-order valence-corrected chi connectivity index (χ3v) is 2.26. The lowest BCUT2D eigenvalue weighted by molar-refractivity contribution is -0.153. The average molecular weight is 246 g/mol. The van der Waals surface area contributed by atoms with Gasteiger partial charge in [0.1, 0.15) is 12.0 Å². The summed E-state index contributed by atoms with van der Waals surface area (Å²) in [6, 6.07) is 3.32. The summed E-state index contributed by atoms with van der Waals surface area (Å²) in [5, 5.41) is 0. The zero-order valence-corrected chi connectivity index (χ0v) is 9.60. The van der Waals surface area contributed by atoms with Crippen LogP contribution in [-0.4, -0.2) is 19.1 Å². The van der Waals surface area contributed by atoms with Crippen LogP contribution in [0.2, 0.25) is 0 Å². The SMILES string of the molecule is Cc1cc(C)c(CC=O)c(OCC(F)(F)F)c1. The maximum Gasteiger partial charge on any atom is 0.422 e. The highest BCUT2D eigenvalue weighted by molar-refractivity contribution is 5.59. The molecule has 17 heavy (non-hydrogen) atoms. The van der Waals surface area contributed by atoms with Gasteiger partial charge < -0.3 is 9.53 Å². The molecule has 0 atom stereocenters. The van der Waals surface area contributed by atoms with Gasteiger partial charge in [0.2, 0.25) is 0 Å². The number of aldehydes is 1. The molecule has 1 rings (SSSR count). The zero-order chi connectivity index (χ0) is 13.1. The second-order valence-electron chi connectivity index (χ2n) is 3.83. The van der Waals surface area contributed by atoms with E-state index in [0.29, 0.717) is 11.8 Å². The van der Waals surface area contributed by atoms with Crippen LogP contribution in [-0.2, 0) is 11.2 Å². The van der Waals surface area contributed by atoms with Crippen LogP contribution in [0.4, 0.5) is 13.2 Å². The lowest BCUT2D eigenvalue weighted by Gasteiger charge is -2.14. The van der Waals surface area contributed by atoms with Gasteiger partial charge in [0.25, 0.3) is 0 Å². The van der Waals surface area contributed by atoms with E-state index in [1.54, 1.807) is 19.9 Å². The second-order valence-corrected chi connectivity index (χ2v) is 3.83. The maximum absolute atomic E-state index is 12.1. The van der Waals surface area contributed by atoms with Gasteiger partial charge in [-0.3, -0.25) is 0 Å². The van der Waals surface area contributed by atoms with Crippen molar-refractivity contribution in [3.8, 4) is 5.75 Å². The number of alkyl halides is 3. The number of carbonyl (C=O) groups is 1. The summed E-state index contributed by atoms with van der Waals surface area (Å²) < 4.78 is 40.9. The van der Waals surface area contributed by atoms with Crippen LogP contribution >= 0.6 is 0 Å². The van der Waals surface area contributed by atoms with E-state index in [0.717, 1.165) is 11.1 Å². The molecule has 0 aliphatic rings. The molecule has 0 N–H and O–H groups in total. The van der Waals surface area contributed by atoms with E-state index in [2.05, 4.69) is 0 Å². The van der Waals surface area contributed by atoms with Crippen molar-refractivity contribution in [3.63, 3.8) is 0 Å². The number of aryl methyl sites for hydroxylation is 2. The Morgan fingerprint density at radius 3 is 2.47 bits per heavy atom. The van der Waals surface area contributed by atoms with E-state index in [9.17, 15) is 18.0 Å². The predicted molar refractivity (Wildman–Crippen MR) is 57.2 cm³/mol. The molecule has 0 aliphatic heterocycles. The Bertz CT molecular complexity index is 411. The number of ether oxygens (including phenoxy) is 1. The average Bonchev–Trinajstić information content (AvgIpc) is 2.18. The number of hydrogen-bond donors (Lipinski definition) is 0. The molecule has 0 saturated heterocycles. The van der Waals surface area contributed by atoms with Crippen molar-refractivity contribution in [1.82, 2.24) is 0 Å². The first-order chi connectivity index (χ1) is 7.83. The molecule has 0 radical (unpaired) electrons. The summed E-state index contributed by atoms with van der Waals surface area (Å²) >= 11 is 0. The Labute approximate surface area is 97.4 Å². The number of rotatable bonds is 4. The van der Waals surface area contributed by atoms with E-state index < -0.39 is 12.8 Å². The number of carbonyl (C=O) groups excluding carboxylic acids is 1. The normalized spacial score (nSPS) is 11.4. The lowest BCUT2D eigenvalue weighted by atomic mass is 10.0. The number of hydrogen-bond acceptors (Lipinski definition) is 2. The summed E-state index contributed by atoms with van der Waals surface area (Å²) in [5.41, 5.74) is 2.07. The summed E-state index contributed by atoms with van der Waals surface area (Å²) in [5.74, 6) is 0.131. The van der Waals surface area contributed by atoms with Crippen LogP contribution in [0.25, 0.3) is 0 Å². The smallest absolute Gasteiger partial charge is 0.422 e. The summed E-state index contributed by atoms with van der Waals surface area (Å²) in [6.07, 6.45) is -3.67. The molecule has 94 valence electrons. The van der Waals surface area contributed by atoms with Gasteiger partial charge in [-0.05, 0) is 31.0 Å². The monoisotopic (exact) mass is 246 g/mol. The van der Waals surface area contributed by atoms with Crippen molar-refractivity contribution in [2.24, 2.45) is 0 Å². The van der Waals surface area contributed by atoms with Crippen molar-refractivity contribution in [1.29, 1.82) is 0 Å². The Balaban J connectivity index is 2.99. The predicted octanol–water partition coefficient (Wildman–Crippen LogP) is 2.99. The first-order valence-corrected chi connectivity index (χ1v) is 5.07. The molecule has 5 heteroatoms. The lowest BCUT2D eigenvalue weighted by Crippen LogP contribution is -2.20. The largest absolute Gasteiger partial charge is 0.484 e. The molecule has 0 aliphatic carbocycles. The minimum atomic E-state index is -4.38. The van der Waals surface area contributed by atoms with Crippen molar-refractivity contribution in [2.75, 3.05) is 6.61 Å². The van der Waals surface area contributed by atoms with Gasteiger partial charge in [0.15, 0.2) is 6.61 Å².